The molecule has 96 valence electrons. The minimum Gasteiger partial charge on any atom is -0.215 e. The summed E-state index contributed by atoms with van der Waals surface area (Å²) >= 11 is 5.51. The molecule has 0 saturated heterocycles. The van der Waals surface area contributed by atoms with Crippen molar-refractivity contribution in [1.29, 1.82) is 0 Å². The van der Waals surface area contributed by atoms with E-state index in [2.05, 4.69) is 11.6 Å². The molecule has 0 radical (unpaired) electrons. The van der Waals surface area contributed by atoms with Crippen LogP contribution in [-0.2, 0) is 10.0 Å². The maximum atomic E-state index is 11.6. The molecular weight excluding hydrogens is 246 g/mol. The van der Waals surface area contributed by atoms with Gasteiger partial charge in [0.15, 0.2) is 0 Å². The lowest BCUT2D eigenvalue weighted by Crippen LogP contribution is -2.32. The molecule has 0 spiro atoms. The molecule has 0 aromatic rings. The van der Waals surface area contributed by atoms with Gasteiger partial charge < -0.3 is 0 Å². The van der Waals surface area contributed by atoms with Crippen LogP contribution >= 0.6 is 11.6 Å². The Morgan fingerprint density at radius 2 is 2.06 bits per heavy atom. The normalized spacial score (nSPS) is 26.1. The molecule has 0 bridgehead atoms. The van der Waals surface area contributed by atoms with E-state index in [0.29, 0.717) is 30.7 Å². The van der Waals surface area contributed by atoms with Gasteiger partial charge in [0.1, 0.15) is 0 Å². The summed E-state index contributed by atoms with van der Waals surface area (Å²) in [4.78, 5) is 0. The molecule has 1 aliphatic carbocycles. The molecule has 1 N–H and O–H groups in total. The summed E-state index contributed by atoms with van der Waals surface area (Å²) in [6.45, 7) is 2.82. The molecule has 5 heteroatoms. The fraction of sp³-hybridized carbons (Fsp3) is 1.00. The van der Waals surface area contributed by atoms with Crippen LogP contribution < -0.4 is 4.72 Å². The largest absolute Gasteiger partial charge is 0.215 e. The Balaban J connectivity index is 2.24. The van der Waals surface area contributed by atoms with Crippen molar-refractivity contribution in [2.45, 2.75) is 39.0 Å². The first kappa shape index (κ1) is 14.3. The van der Waals surface area contributed by atoms with Crippen molar-refractivity contribution in [3.63, 3.8) is 0 Å². The topological polar surface area (TPSA) is 46.2 Å². The molecule has 0 aromatic heterocycles. The van der Waals surface area contributed by atoms with Crippen molar-refractivity contribution in [2.24, 2.45) is 11.8 Å². The predicted octanol–water partition coefficient (Wildman–Crippen LogP) is 2.36. The fourth-order valence-corrected chi connectivity index (χ4v) is 3.60. The molecule has 0 aliphatic heterocycles. The van der Waals surface area contributed by atoms with Crippen molar-refractivity contribution in [3.8, 4) is 0 Å². The average molecular weight is 268 g/mol. The van der Waals surface area contributed by atoms with Crippen LogP contribution in [0.15, 0.2) is 0 Å². The molecule has 0 amide bonds. The maximum Gasteiger partial charge on any atom is 0.211 e. The minimum atomic E-state index is -3.07. The smallest absolute Gasteiger partial charge is 0.211 e. The van der Waals surface area contributed by atoms with Crippen molar-refractivity contribution in [2.75, 3.05) is 18.2 Å². The summed E-state index contributed by atoms with van der Waals surface area (Å²) in [6, 6.07) is 0. The van der Waals surface area contributed by atoms with Crippen LogP contribution in [0.3, 0.4) is 0 Å². The minimum absolute atomic E-state index is 0.209. The van der Waals surface area contributed by atoms with Crippen molar-refractivity contribution in [3.05, 3.63) is 0 Å². The maximum absolute atomic E-state index is 11.6. The van der Waals surface area contributed by atoms with Crippen LogP contribution in [0.4, 0.5) is 0 Å². The molecule has 1 fully saturated rings. The van der Waals surface area contributed by atoms with Crippen LogP contribution in [0, 0.1) is 11.8 Å². The first-order valence-electron chi connectivity index (χ1n) is 6.08. The SMILES string of the molecule is CC1CCCC1CNS(=O)(=O)CCCCCl. The molecule has 16 heavy (non-hydrogen) atoms. The summed E-state index contributed by atoms with van der Waals surface area (Å²) in [7, 11) is -3.07. The van der Waals surface area contributed by atoms with Crippen molar-refractivity contribution < 1.29 is 8.42 Å². The summed E-state index contributed by atoms with van der Waals surface area (Å²) in [5.74, 6) is 1.93. The van der Waals surface area contributed by atoms with Crippen LogP contribution in [0.1, 0.15) is 39.0 Å². The Morgan fingerprint density at radius 3 is 2.62 bits per heavy atom. The fourth-order valence-electron chi connectivity index (χ4n) is 2.22. The standard InChI is InChI=1S/C11H22ClNO2S/c1-10-5-4-6-11(10)9-13-16(14,15)8-3-2-7-12/h10-11,13H,2-9H2,1H3. The Labute approximate surface area is 104 Å². The second-order valence-corrected chi connectivity index (χ2v) is 7.04. The Bertz CT molecular complexity index is 292. The third kappa shape index (κ3) is 5.02. The highest BCUT2D eigenvalue weighted by molar-refractivity contribution is 7.89. The van der Waals surface area contributed by atoms with E-state index in [1.807, 2.05) is 0 Å². The first-order valence-corrected chi connectivity index (χ1v) is 8.27. The second kappa shape index (κ2) is 6.82. The summed E-state index contributed by atoms with van der Waals surface area (Å²) in [6.07, 6.45) is 5.05. The van der Waals surface area contributed by atoms with Gasteiger partial charge in [0.2, 0.25) is 10.0 Å². The number of alkyl halides is 1. The lowest BCUT2D eigenvalue weighted by Gasteiger charge is -2.15. The van der Waals surface area contributed by atoms with E-state index in [1.165, 1.54) is 12.8 Å². The highest BCUT2D eigenvalue weighted by Gasteiger charge is 2.24. The monoisotopic (exact) mass is 267 g/mol. The Hall–Kier alpha value is 0.200. The predicted molar refractivity (Wildman–Crippen MR) is 68.2 cm³/mol. The highest BCUT2D eigenvalue weighted by atomic mass is 35.5. The number of sulfonamides is 1. The van der Waals surface area contributed by atoms with E-state index in [0.717, 1.165) is 12.8 Å². The molecular formula is C11H22ClNO2S. The zero-order chi connectivity index (χ0) is 12.0. The van der Waals surface area contributed by atoms with Gasteiger partial charge in [-0.2, -0.15) is 0 Å². The van der Waals surface area contributed by atoms with Gasteiger partial charge >= 0.3 is 0 Å². The van der Waals surface area contributed by atoms with E-state index < -0.39 is 10.0 Å². The molecule has 0 aromatic carbocycles. The molecule has 1 aliphatic rings. The van der Waals surface area contributed by atoms with Gasteiger partial charge in [0.25, 0.3) is 0 Å². The number of nitrogens with one attached hydrogen (secondary N) is 1. The summed E-state index contributed by atoms with van der Waals surface area (Å²) < 4.78 is 25.9. The lowest BCUT2D eigenvalue weighted by molar-refractivity contribution is 0.414. The highest BCUT2D eigenvalue weighted by Crippen LogP contribution is 2.30. The van der Waals surface area contributed by atoms with E-state index in [1.54, 1.807) is 0 Å². The van der Waals surface area contributed by atoms with Gasteiger partial charge in [0.05, 0.1) is 5.75 Å². The van der Waals surface area contributed by atoms with Gasteiger partial charge in [0, 0.05) is 12.4 Å². The number of rotatable bonds is 7. The molecule has 1 rings (SSSR count). The molecule has 2 unspecified atom stereocenters. The molecule has 3 nitrogen and oxygen atoms in total. The van der Waals surface area contributed by atoms with Crippen LogP contribution in [0.5, 0.6) is 0 Å². The van der Waals surface area contributed by atoms with E-state index >= 15 is 0 Å². The van der Waals surface area contributed by atoms with Gasteiger partial charge in [-0.25, -0.2) is 13.1 Å². The zero-order valence-electron chi connectivity index (χ0n) is 9.91. The Kier molecular flexibility index (Phi) is 6.08. The van der Waals surface area contributed by atoms with E-state index in [4.69, 9.17) is 11.6 Å². The van der Waals surface area contributed by atoms with Crippen LogP contribution in [0.25, 0.3) is 0 Å². The second-order valence-electron chi connectivity index (χ2n) is 4.73. The van der Waals surface area contributed by atoms with Crippen molar-refractivity contribution in [1.82, 2.24) is 4.72 Å². The third-order valence-electron chi connectivity index (χ3n) is 3.40. The number of hydrogen-bond acceptors (Lipinski definition) is 2. The van der Waals surface area contributed by atoms with E-state index in [-0.39, 0.29) is 5.75 Å². The summed E-state index contributed by atoms with van der Waals surface area (Å²) in [5.41, 5.74) is 0. The van der Waals surface area contributed by atoms with Crippen LogP contribution in [-0.4, -0.2) is 26.6 Å². The van der Waals surface area contributed by atoms with Gasteiger partial charge in [-0.05, 0) is 31.1 Å². The molecule has 1 saturated carbocycles. The zero-order valence-corrected chi connectivity index (χ0v) is 11.5. The first-order chi connectivity index (χ1) is 7.55. The van der Waals surface area contributed by atoms with E-state index in [9.17, 15) is 8.42 Å². The molecule has 0 heterocycles. The Morgan fingerprint density at radius 1 is 1.31 bits per heavy atom. The van der Waals surface area contributed by atoms with Crippen molar-refractivity contribution >= 4 is 21.6 Å². The van der Waals surface area contributed by atoms with Crippen LogP contribution in [0.2, 0.25) is 0 Å². The molecule has 2 atom stereocenters. The van der Waals surface area contributed by atoms with Gasteiger partial charge in [-0.15, -0.1) is 11.6 Å². The summed E-state index contributed by atoms with van der Waals surface area (Å²) in [5, 5.41) is 0. The lowest BCUT2D eigenvalue weighted by atomic mass is 9.99. The number of halogens is 1. The third-order valence-corrected chi connectivity index (χ3v) is 5.10. The number of unbranched alkanes of at least 4 members (excludes halogenated alkanes) is 1. The van der Waals surface area contributed by atoms with Gasteiger partial charge in [-0.3, -0.25) is 0 Å². The van der Waals surface area contributed by atoms with Gasteiger partial charge in [-0.1, -0.05) is 19.8 Å². The quantitative estimate of drug-likeness (QED) is 0.569. The number of hydrogen-bond donors (Lipinski definition) is 1. The average Bonchev–Trinajstić information content (AvgIpc) is 2.62.